The van der Waals surface area contributed by atoms with Crippen molar-refractivity contribution >= 4 is 29.5 Å². The summed E-state index contributed by atoms with van der Waals surface area (Å²) in [7, 11) is 0. The van der Waals surface area contributed by atoms with Gasteiger partial charge in [0, 0.05) is 29.9 Å². The van der Waals surface area contributed by atoms with Crippen LogP contribution in [0.1, 0.15) is 81.3 Å². The summed E-state index contributed by atoms with van der Waals surface area (Å²) >= 11 is 3.97. The molecule has 176 valence electrons. The molecule has 0 radical (unpaired) electrons. The Kier molecular flexibility index (Phi) is 9.52. The fraction of sp³-hybridized carbons (Fsp3) is 0.500. The van der Waals surface area contributed by atoms with Crippen LogP contribution in [0.4, 0.5) is 0 Å². The van der Waals surface area contributed by atoms with Gasteiger partial charge in [-0.3, -0.25) is 4.79 Å². The maximum Gasteiger partial charge on any atom is 0.303 e. The van der Waals surface area contributed by atoms with Crippen molar-refractivity contribution in [1.82, 2.24) is 10.2 Å². The van der Waals surface area contributed by atoms with E-state index in [9.17, 15) is 4.79 Å². The molecule has 1 aromatic carbocycles. The fourth-order valence-corrected chi connectivity index (χ4v) is 7.15. The van der Waals surface area contributed by atoms with Crippen LogP contribution in [0.2, 0.25) is 0 Å². The van der Waals surface area contributed by atoms with Crippen molar-refractivity contribution in [2.24, 2.45) is 0 Å². The van der Waals surface area contributed by atoms with E-state index in [0.29, 0.717) is 12.1 Å². The van der Waals surface area contributed by atoms with Gasteiger partial charge in [0.15, 0.2) is 0 Å². The number of hydrogen-bond donors (Lipinski definition) is 1. The molecule has 1 aliphatic rings. The van der Waals surface area contributed by atoms with Crippen molar-refractivity contribution in [3.8, 4) is 17.6 Å². The number of carbonyl (C=O) groups is 1. The van der Waals surface area contributed by atoms with Crippen LogP contribution in [0.25, 0.3) is 0 Å². The quantitative estimate of drug-likeness (QED) is 0.324. The van der Waals surface area contributed by atoms with E-state index in [0.717, 1.165) is 54.4 Å². The van der Waals surface area contributed by atoms with Crippen molar-refractivity contribution in [3.05, 3.63) is 52.8 Å². The summed E-state index contributed by atoms with van der Waals surface area (Å²) in [5.74, 6) is 8.94. The average Bonchev–Trinajstić information content (AvgIpc) is 2.81. The number of ether oxygens (including phenoxy) is 1. The summed E-state index contributed by atoms with van der Waals surface area (Å²) in [4.78, 5) is 10.8. The molecule has 1 aromatic heterocycles. The Balaban J connectivity index is 1.77. The van der Waals surface area contributed by atoms with Crippen LogP contribution in [-0.4, -0.2) is 39.4 Å². The number of carboxylic acids is 1. The van der Waals surface area contributed by atoms with E-state index in [1.165, 1.54) is 5.56 Å². The second-order valence-corrected chi connectivity index (χ2v) is 11.3. The highest BCUT2D eigenvalue weighted by Gasteiger charge is 2.38. The molecule has 7 heteroatoms. The molecular formula is C26H32N2O3S2. The van der Waals surface area contributed by atoms with Crippen LogP contribution in [0, 0.1) is 11.8 Å². The van der Waals surface area contributed by atoms with Crippen LogP contribution >= 0.6 is 23.5 Å². The van der Waals surface area contributed by atoms with Gasteiger partial charge >= 0.3 is 5.97 Å². The minimum atomic E-state index is -0.755. The second-order valence-electron chi connectivity index (χ2n) is 7.91. The monoisotopic (exact) mass is 484 g/mol. The lowest BCUT2D eigenvalue weighted by molar-refractivity contribution is -0.137. The number of hydrogen-bond acceptors (Lipinski definition) is 6. The van der Waals surface area contributed by atoms with Gasteiger partial charge in [0.1, 0.15) is 11.4 Å². The summed E-state index contributed by atoms with van der Waals surface area (Å²) in [6, 6.07) is 10.1. The van der Waals surface area contributed by atoms with Gasteiger partial charge in [-0.25, -0.2) is 0 Å². The summed E-state index contributed by atoms with van der Waals surface area (Å²) < 4.78 is 5.97. The van der Waals surface area contributed by atoms with Crippen LogP contribution in [0.5, 0.6) is 5.75 Å². The standard InChI is InChI=1S/C26H32N2O3S2/c1-4-20(8-7-9-25(29)30)23-14-13-21(27-28-23)12-10-19-11-15-24-22(18-19)26(32-5-2,33-6-3)16-17-31-24/h11,13-15,18,20H,4-9,16-17H2,1-3H3,(H,29,30). The largest absolute Gasteiger partial charge is 0.493 e. The van der Waals surface area contributed by atoms with E-state index in [1.807, 2.05) is 47.8 Å². The predicted molar refractivity (Wildman–Crippen MR) is 137 cm³/mol. The molecule has 1 N–H and O–H groups in total. The molecule has 0 bridgehead atoms. The van der Waals surface area contributed by atoms with Gasteiger partial charge in [0.25, 0.3) is 0 Å². The van der Waals surface area contributed by atoms with E-state index in [-0.39, 0.29) is 16.4 Å². The first-order valence-corrected chi connectivity index (χ1v) is 13.6. The minimum Gasteiger partial charge on any atom is -0.493 e. The van der Waals surface area contributed by atoms with Crippen molar-refractivity contribution in [2.45, 2.75) is 62.9 Å². The molecule has 0 saturated carbocycles. The molecule has 1 atom stereocenters. The topological polar surface area (TPSA) is 72.3 Å². The van der Waals surface area contributed by atoms with E-state index in [2.05, 4.69) is 48.9 Å². The number of rotatable bonds is 10. The van der Waals surface area contributed by atoms with Gasteiger partial charge in [-0.2, -0.15) is 5.10 Å². The number of benzene rings is 1. The summed E-state index contributed by atoms with van der Waals surface area (Å²) in [5, 5.41) is 17.5. The first kappa shape index (κ1) is 25.5. The third kappa shape index (κ3) is 6.68. The lowest BCUT2D eigenvalue weighted by Gasteiger charge is -2.37. The number of aromatic nitrogens is 2. The second kappa shape index (κ2) is 12.3. The smallest absolute Gasteiger partial charge is 0.303 e. The van der Waals surface area contributed by atoms with E-state index in [4.69, 9.17) is 9.84 Å². The summed E-state index contributed by atoms with van der Waals surface area (Å²) in [6.45, 7) is 7.25. The number of thioether (sulfide) groups is 2. The first-order valence-electron chi connectivity index (χ1n) is 11.6. The zero-order valence-corrected chi connectivity index (χ0v) is 21.2. The Hall–Kier alpha value is -2.17. The zero-order chi connectivity index (χ0) is 23.7. The zero-order valence-electron chi connectivity index (χ0n) is 19.6. The maximum absolute atomic E-state index is 10.8. The molecule has 5 nitrogen and oxygen atoms in total. The van der Waals surface area contributed by atoms with Gasteiger partial charge in [-0.1, -0.05) is 26.7 Å². The van der Waals surface area contributed by atoms with Crippen LogP contribution in [-0.2, 0) is 8.87 Å². The number of aliphatic carboxylic acids is 1. The Bertz CT molecular complexity index is 993. The fourth-order valence-electron chi connectivity index (χ4n) is 4.09. The Labute approximate surface area is 205 Å². The molecule has 3 rings (SSSR count). The average molecular weight is 485 g/mol. The highest BCUT2D eigenvalue weighted by atomic mass is 32.2. The van der Waals surface area contributed by atoms with Gasteiger partial charge in [-0.05, 0) is 67.0 Å². The molecule has 0 amide bonds. The number of carboxylic acid groups (broad SMARTS) is 1. The van der Waals surface area contributed by atoms with Crippen molar-refractivity contribution < 1.29 is 14.6 Å². The molecule has 2 aromatic rings. The molecule has 1 aliphatic heterocycles. The molecule has 0 aliphatic carbocycles. The summed E-state index contributed by atoms with van der Waals surface area (Å²) in [6.07, 6.45) is 3.53. The Morgan fingerprint density at radius 1 is 1.15 bits per heavy atom. The molecule has 33 heavy (non-hydrogen) atoms. The molecule has 1 unspecified atom stereocenters. The van der Waals surface area contributed by atoms with Crippen molar-refractivity contribution in [3.63, 3.8) is 0 Å². The lowest BCUT2D eigenvalue weighted by atomic mass is 9.95. The Morgan fingerprint density at radius 3 is 2.58 bits per heavy atom. The number of fused-ring (bicyclic) bond motifs is 1. The first-order chi connectivity index (χ1) is 16.0. The van der Waals surface area contributed by atoms with E-state index < -0.39 is 5.97 Å². The highest BCUT2D eigenvalue weighted by molar-refractivity contribution is 8.17. The predicted octanol–water partition coefficient (Wildman–Crippen LogP) is 6.07. The molecule has 0 saturated heterocycles. The number of nitrogens with zero attached hydrogens (tertiary/aromatic N) is 2. The Morgan fingerprint density at radius 2 is 1.94 bits per heavy atom. The van der Waals surface area contributed by atoms with Crippen molar-refractivity contribution in [1.29, 1.82) is 0 Å². The van der Waals surface area contributed by atoms with Gasteiger partial charge in [0.05, 0.1) is 16.4 Å². The van der Waals surface area contributed by atoms with Gasteiger partial charge in [-0.15, -0.1) is 28.6 Å². The third-order valence-electron chi connectivity index (χ3n) is 5.71. The van der Waals surface area contributed by atoms with E-state index in [1.54, 1.807) is 0 Å². The lowest BCUT2D eigenvalue weighted by Crippen LogP contribution is -2.27. The van der Waals surface area contributed by atoms with Crippen LogP contribution in [0.3, 0.4) is 0 Å². The van der Waals surface area contributed by atoms with Crippen molar-refractivity contribution in [2.75, 3.05) is 18.1 Å². The molecule has 2 heterocycles. The highest BCUT2D eigenvalue weighted by Crippen LogP contribution is 2.54. The normalized spacial score (nSPS) is 15.0. The minimum absolute atomic E-state index is 0.0199. The third-order valence-corrected chi connectivity index (χ3v) is 8.77. The summed E-state index contributed by atoms with van der Waals surface area (Å²) in [5.41, 5.74) is 3.71. The van der Waals surface area contributed by atoms with Crippen LogP contribution < -0.4 is 4.74 Å². The maximum atomic E-state index is 10.8. The molecule has 0 spiro atoms. The molecular weight excluding hydrogens is 452 g/mol. The van der Waals surface area contributed by atoms with E-state index >= 15 is 0 Å². The SMILES string of the molecule is CCSC1(SCC)CCOc2ccc(C#Cc3ccc(C(CC)CCCC(=O)O)nn3)cc21. The van der Waals surface area contributed by atoms with Gasteiger partial charge < -0.3 is 9.84 Å². The molecule has 0 fully saturated rings. The van der Waals surface area contributed by atoms with Gasteiger partial charge in [0.2, 0.25) is 0 Å². The van der Waals surface area contributed by atoms with Crippen LogP contribution in [0.15, 0.2) is 30.3 Å².